The fraction of sp³-hybridized carbons (Fsp3) is 1.00. The molecule has 0 aliphatic heterocycles. The van der Waals surface area contributed by atoms with E-state index >= 15 is 0 Å². The highest BCUT2D eigenvalue weighted by Crippen LogP contribution is 2.40. The SMILES string of the molecule is CC/N=N/C(C)(O)C1CC1. The van der Waals surface area contributed by atoms with Crippen molar-refractivity contribution in [3.63, 3.8) is 0 Å². The van der Waals surface area contributed by atoms with Crippen molar-refractivity contribution in [2.75, 3.05) is 6.54 Å². The second-order valence-electron chi connectivity index (χ2n) is 2.93. The van der Waals surface area contributed by atoms with Crippen molar-refractivity contribution in [1.29, 1.82) is 0 Å². The molecule has 58 valence electrons. The lowest BCUT2D eigenvalue weighted by atomic mass is 10.2. The van der Waals surface area contributed by atoms with Crippen molar-refractivity contribution in [2.24, 2.45) is 16.1 Å². The Morgan fingerprint density at radius 2 is 2.20 bits per heavy atom. The Labute approximate surface area is 61.2 Å². The topological polar surface area (TPSA) is 45.0 Å². The van der Waals surface area contributed by atoms with Gasteiger partial charge in [0.05, 0.1) is 6.54 Å². The molecule has 0 aromatic carbocycles. The summed E-state index contributed by atoms with van der Waals surface area (Å²) in [5.41, 5.74) is -0.879. The number of nitrogens with zero attached hydrogens (tertiary/aromatic N) is 2. The Bertz CT molecular complexity index is 139. The minimum Gasteiger partial charge on any atom is -0.368 e. The molecular weight excluding hydrogens is 128 g/mol. The fourth-order valence-electron chi connectivity index (χ4n) is 0.926. The van der Waals surface area contributed by atoms with Gasteiger partial charge in [-0.2, -0.15) is 10.2 Å². The van der Waals surface area contributed by atoms with Gasteiger partial charge >= 0.3 is 0 Å². The Morgan fingerprint density at radius 1 is 1.60 bits per heavy atom. The van der Waals surface area contributed by atoms with Crippen molar-refractivity contribution >= 4 is 0 Å². The number of rotatable bonds is 3. The van der Waals surface area contributed by atoms with Gasteiger partial charge in [-0.1, -0.05) is 0 Å². The van der Waals surface area contributed by atoms with E-state index in [1.807, 2.05) is 6.92 Å². The zero-order valence-corrected chi connectivity index (χ0v) is 6.54. The molecule has 0 radical (unpaired) electrons. The largest absolute Gasteiger partial charge is 0.368 e. The minimum atomic E-state index is -0.879. The van der Waals surface area contributed by atoms with Gasteiger partial charge in [-0.3, -0.25) is 0 Å². The van der Waals surface area contributed by atoms with Gasteiger partial charge in [-0.15, -0.1) is 0 Å². The van der Waals surface area contributed by atoms with Crippen LogP contribution in [0.15, 0.2) is 10.2 Å². The van der Waals surface area contributed by atoms with Crippen molar-refractivity contribution in [3.8, 4) is 0 Å². The smallest absolute Gasteiger partial charge is 0.176 e. The van der Waals surface area contributed by atoms with Crippen LogP contribution in [0.3, 0.4) is 0 Å². The first-order chi connectivity index (χ1) is 4.67. The Balaban J connectivity index is 2.41. The van der Waals surface area contributed by atoms with Crippen molar-refractivity contribution < 1.29 is 5.11 Å². The highest BCUT2D eigenvalue weighted by atomic mass is 16.3. The van der Waals surface area contributed by atoms with E-state index in [-0.39, 0.29) is 0 Å². The molecule has 1 N–H and O–H groups in total. The van der Waals surface area contributed by atoms with Crippen LogP contribution in [0.25, 0.3) is 0 Å². The molecule has 10 heavy (non-hydrogen) atoms. The first-order valence-corrected chi connectivity index (χ1v) is 3.78. The van der Waals surface area contributed by atoms with Crippen LogP contribution < -0.4 is 0 Å². The molecule has 0 spiro atoms. The Morgan fingerprint density at radius 3 is 2.60 bits per heavy atom. The standard InChI is InChI=1S/C7H14N2O/c1-3-8-9-7(2,10)6-4-5-6/h6,10H,3-5H2,1-2H3/b9-8+. The van der Waals surface area contributed by atoms with E-state index in [1.165, 1.54) is 0 Å². The second-order valence-corrected chi connectivity index (χ2v) is 2.93. The molecular formula is C7H14N2O. The third-order valence-corrected chi connectivity index (χ3v) is 1.77. The summed E-state index contributed by atoms with van der Waals surface area (Å²) >= 11 is 0. The normalized spacial score (nSPS) is 25.1. The van der Waals surface area contributed by atoms with Gasteiger partial charge in [0.1, 0.15) is 0 Å². The molecule has 1 unspecified atom stereocenters. The van der Waals surface area contributed by atoms with E-state index in [9.17, 15) is 5.11 Å². The first kappa shape index (κ1) is 7.66. The lowest BCUT2D eigenvalue weighted by Crippen LogP contribution is -2.22. The molecule has 1 fully saturated rings. The van der Waals surface area contributed by atoms with Gasteiger partial charge in [0.2, 0.25) is 0 Å². The summed E-state index contributed by atoms with van der Waals surface area (Å²) < 4.78 is 0. The molecule has 3 nitrogen and oxygen atoms in total. The van der Waals surface area contributed by atoms with Gasteiger partial charge in [0, 0.05) is 5.92 Å². The molecule has 0 amide bonds. The fourth-order valence-corrected chi connectivity index (χ4v) is 0.926. The summed E-state index contributed by atoms with van der Waals surface area (Å²) in [6.07, 6.45) is 2.19. The molecule has 1 aliphatic carbocycles. The molecule has 0 heterocycles. The van der Waals surface area contributed by atoms with E-state index in [1.54, 1.807) is 6.92 Å². The summed E-state index contributed by atoms with van der Waals surface area (Å²) in [7, 11) is 0. The van der Waals surface area contributed by atoms with Crippen molar-refractivity contribution in [1.82, 2.24) is 0 Å². The van der Waals surface area contributed by atoms with Crippen LogP contribution in [0.5, 0.6) is 0 Å². The van der Waals surface area contributed by atoms with E-state index in [4.69, 9.17) is 0 Å². The molecule has 0 aromatic rings. The maximum Gasteiger partial charge on any atom is 0.176 e. The lowest BCUT2D eigenvalue weighted by Gasteiger charge is -2.14. The molecule has 0 aromatic heterocycles. The van der Waals surface area contributed by atoms with E-state index < -0.39 is 5.72 Å². The van der Waals surface area contributed by atoms with Gasteiger partial charge in [0.25, 0.3) is 0 Å². The summed E-state index contributed by atoms with van der Waals surface area (Å²) in [6.45, 7) is 4.29. The maximum atomic E-state index is 9.52. The Kier molecular flexibility index (Phi) is 2.04. The number of hydrogen-bond acceptors (Lipinski definition) is 3. The Hall–Kier alpha value is -0.440. The molecule has 1 rings (SSSR count). The van der Waals surface area contributed by atoms with Crippen LogP contribution in [-0.2, 0) is 0 Å². The van der Waals surface area contributed by atoms with Crippen LogP contribution in [-0.4, -0.2) is 17.4 Å². The summed E-state index contributed by atoms with van der Waals surface area (Å²) in [5.74, 6) is 0.364. The molecule has 1 saturated carbocycles. The molecule has 0 saturated heterocycles. The summed E-state index contributed by atoms with van der Waals surface area (Å²) in [4.78, 5) is 0. The quantitative estimate of drug-likeness (QED) is 0.597. The highest BCUT2D eigenvalue weighted by molar-refractivity contribution is 4.88. The van der Waals surface area contributed by atoms with Crippen molar-refractivity contribution in [2.45, 2.75) is 32.4 Å². The molecule has 0 bridgehead atoms. The predicted molar refractivity (Wildman–Crippen MR) is 38.7 cm³/mol. The van der Waals surface area contributed by atoms with E-state index in [0.29, 0.717) is 12.5 Å². The number of aliphatic hydroxyl groups is 1. The predicted octanol–water partition coefficient (Wildman–Crippen LogP) is 1.58. The van der Waals surface area contributed by atoms with Crippen LogP contribution in [0.1, 0.15) is 26.7 Å². The monoisotopic (exact) mass is 142 g/mol. The highest BCUT2D eigenvalue weighted by Gasteiger charge is 2.40. The zero-order valence-electron chi connectivity index (χ0n) is 6.54. The molecule has 1 aliphatic rings. The van der Waals surface area contributed by atoms with Gasteiger partial charge < -0.3 is 5.11 Å². The van der Waals surface area contributed by atoms with Crippen LogP contribution in [0, 0.1) is 5.92 Å². The van der Waals surface area contributed by atoms with Gasteiger partial charge in [0.15, 0.2) is 5.72 Å². The van der Waals surface area contributed by atoms with E-state index in [0.717, 1.165) is 12.8 Å². The molecule has 3 heteroatoms. The zero-order chi connectivity index (χ0) is 7.61. The summed E-state index contributed by atoms with van der Waals surface area (Å²) in [6, 6.07) is 0. The summed E-state index contributed by atoms with van der Waals surface area (Å²) in [5, 5.41) is 17.1. The van der Waals surface area contributed by atoms with Gasteiger partial charge in [-0.25, -0.2) is 0 Å². The lowest BCUT2D eigenvalue weighted by molar-refractivity contribution is 0.0381. The van der Waals surface area contributed by atoms with Crippen LogP contribution in [0.2, 0.25) is 0 Å². The third-order valence-electron chi connectivity index (χ3n) is 1.77. The first-order valence-electron chi connectivity index (χ1n) is 3.78. The molecule has 1 atom stereocenters. The van der Waals surface area contributed by atoms with E-state index in [2.05, 4.69) is 10.2 Å². The second kappa shape index (κ2) is 2.66. The number of azo groups is 1. The maximum absolute atomic E-state index is 9.52. The average molecular weight is 142 g/mol. The van der Waals surface area contributed by atoms with Crippen LogP contribution >= 0.6 is 0 Å². The van der Waals surface area contributed by atoms with Crippen LogP contribution in [0.4, 0.5) is 0 Å². The average Bonchev–Trinajstić information content (AvgIpc) is 2.64. The minimum absolute atomic E-state index is 0.364. The number of hydrogen-bond donors (Lipinski definition) is 1. The van der Waals surface area contributed by atoms with Crippen molar-refractivity contribution in [3.05, 3.63) is 0 Å². The third kappa shape index (κ3) is 1.77. The van der Waals surface area contributed by atoms with Gasteiger partial charge in [-0.05, 0) is 26.7 Å².